The van der Waals surface area contributed by atoms with E-state index < -0.39 is 22.7 Å². The van der Waals surface area contributed by atoms with E-state index in [9.17, 15) is 0 Å². The number of hydrogen-bond acceptors (Lipinski definition) is 2. The summed E-state index contributed by atoms with van der Waals surface area (Å²) in [7, 11) is 0. The molecule has 0 radical (unpaired) electrons. The minimum atomic E-state index is -2.61. The second-order valence-corrected chi connectivity index (χ2v) is 1.38. The normalized spacial score (nSPS) is 5.83. The third-order valence-corrected chi connectivity index (χ3v) is 0. The van der Waals surface area contributed by atoms with E-state index in [2.05, 4.69) is 0 Å². The van der Waals surface area contributed by atoms with Crippen molar-refractivity contribution in [3.05, 3.63) is 0 Å². The van der Waals surface area contributed by atoms with Crippen molar-refractivity contribution in [1.82, 2.24) is 0 Å². The summed E-state index contributed by atoms with van der Waals surface area (Å²) < 4.78 is 45.7. The Balaban J connectivity index is -0.0000000112. The predicted molar refractivity (Wildman–Crippen MR) is 55.4 cm³/mol. The molecule has 4 N–H and O–H groups in total. The summed E-state index contributed by atoms with van der Waals surface area (Å²) >= 11 is -5.22. The molecule has 0 fully saturated rings. The van der Waals surface area contributed by atoms with Crippen LogP contribution in [0.25, 0.3) is 0 Å². The van der Waals surface area contributed by atoms with Crippen LogP contribution in [0.15, 0.2) is 0 Å². The van der Waals surface area contributed by atoms with Crippen LogP contribution in [0.5, 0.6) is 0 Å². The zero-order valence-electron chi connectivity index (χ0n) is 3.42. The zero-order chi connectivity index (χ0) is 7.15. The Kier molecular flexibility index (Phi) is 88.3. The van der Waals surface area contributed by atoms with E-state index in [0.29, 0.717) is 0 Å². The second kappa shape index (κ2) is 29.4. The van der Waals surface area contributed by atoms with Crippen LogP contribution < -0.4 is 0 Å². The van der Waals surface area contributed by atoms with Gasteiger partial charge in [-0.3, -0.25) is 18.2 Å². The monoisotopic (exact) mass is 260 g/mol. The van der Waals surface area contributed by atoms with Gasteiger partial charge in [-0.2, -0.15) is 8.42 Å². The molecule has 60 valence electrons. The molecule has 0 aliphatic carbocycles. The average molecular weight is 260 g/mol. The van der Waals surface area contributed by atoms with E-state index in [1.807, 2.05) is 0 Å². The van der Waals surface area contributed by atoms with E-state index in [0.717, 1.165) is 0 Å². The molecule has 0 amide bonds. The van der Waals surface area contributed by atoms with Crippen LogP contribution in [-0.2, 0) is 22.7 Å². The minimum absolute atomic E-state index is 0. The summed E-state index contributed by atoms with van der Waals surface area (Å²) in [6.45, 7) is 0. The first-order valence-corrected chi connectivity index (χ1v) is 3.19. The molecular weight excluding hydrogens is 252 g/mol. The molecule has 0 saturated heterocycles. The van der Waals surface area contributed by atoms with Crippen LogP contribution in [-0.4, -0.2) is 145 Å². The Labute approximate surface area is 164 Å². The van der Waals surface area contributed by atoms with Gasteiger partial charge >= 0.3 is 118 Å². The molecule has 0 unspecified atom stereocenters. The van der Waals surface area contributed by atoms with Gasteiger partial charge in [-0.15, -0.1) is 0 Å². The summed E-state index contributed by atoms with van der Waals surface area (Å²) in [6.07, 6.45) is 0. The van der Waals surface area contributed by atoms with E-state index in [4.69, 9.17) is 26.6 Å². The molecule has 0 aromatic rings. The van der Waals surface area contributed by atoms with E-state index in [1.165, 1.54) is 0 Å². The first kappa shape index (κ1) is 36.0. The standard InChI is InChI=1S/4Na.2H2O3S.4H/c;;;;2*1-4(2)3;;;;/h;;;;2*(H2,1,2,3);;;;. The molecule has 0 rings (SSSR count). The maximum absolute atomic E-state index is 8.67. The fraction of sp³-hybridized carbons (Fsp3) is 0. The summed E-state index contributed by atoms with van der Waals surface area (Å²) in [5, 5.41) is 0. The van der Waals surface area contributed by atoms with Gasteiger partial charge in [-0.25, -0.2) is 0 Å². The van der Waals surface area contributed by atoms with Crippen LogP contribution in [0.1, 0.15) is 0 Å². The quantitative estimate of drug-likeness (QED) is 0.269. The molecule has 0 atom stereocenters. The third-order valence-electron chi connectivity index (χ3n) is 0. The van der Waals surface area contributed by atoms with Crippen molar-refractivity contribution in [2.24, 2.45) is 0 Å². The number of rotatable bonds is 0. The van der Waals surface area contributed by atoms with Crippen molar-refractivity contribution < 1.29 is 26.6 Å². The van der Waals surface area contributed by atoms with Gasteiger partial charge in [0.25, 0.3) is 22.7 Å². The summed E-state index contributed by atoms with van der Waals surface area (Å²) in [5.41, 5.74) is 0. The van der Waals surface area contributed by atoms with Crippen LogP contribution in [0.3, 0.4) is 0 Å². The fourth-order valence-corrected chi connectivity index (χ4v) is 0. The van der Waals surface area contributed by atoms with Crippen molar-refractivity contribution >= 4 is 141 Å². The molecule has 0 aliphatic rings. The Bertz CT molecular complexity index is 75.5. The van der Waals surface area contributed by atoms with E-state index >= 15 is 0 Å². The van der Waals surface area contributed by atoms with Gasteiger partial charge in [0.05, 0.1) is 0 Å². The molecule has 6 nitrogen and oxygen atoms in total. The molecule has 0 aliphatic heterocycles. The van der Waals surface area contributed by atoms with E-state index in [1.54, 1.807) is 0 Å². The molecule has 0 saturated carbocycles. The summed E-state index contributed by atoms with van der Waals surface area (Å²) in [6, 6.07) is 0. The van der Waals surface area contributed by atoms with E-state index in [-0.39, 0.29) is 118 Å². The Morgan fingerprint density at radius 2 is 0.583 bits per heavy atom. The molecule has 12 heteroatoms. The molecule has 0 spiro atoms. The van der Waals surface area contributed by atoms with Crippen molar-refractivity contribution in [3.8, 4) is 0 Å². The Hall–Kier alpha value is 4.14. The second-order valence-electron chi connectivity index (χ2n) is 0.461. The molecular formula is H8Na4O6S2. The molecule has 0 aromatic carbocycles. The van der Waals surface area contributed by atoms with Crippen molar-refractivity contribution in [2.45, 2.75) is 0 Å². The first-order chi connectivity index (χ1) is 3.46. The topological polar surface area (TPSA) is 115 Å². The third kappa shape index (κ3) is 142. The first-order valence-electron chi connectivity index (χ1n) is 1.06. The van der Waals surface area contributed by atoms with Crippen molar-refractivity contribution in [2.75, 3.05) is 0 Å². The van der Waals surface area contributed by atoms with Gasteiger partial charge in [-0.05, 0) is 0 Å². The number of hydrogen-bond donors (Lipinski definition) is 4. The van der Waals surface area contributed by atoms with Gasteiger partial charge < -0.3 is 0 Å². The molecule has 12 heavy (non-hydrogen) atoms. The maximum atomic E-state index is 8.67. The Morgan fingerprint density at radius 3 is 0.583 bits per heavy atom. The summed E-state index contributed by atoms with van der Waals surface area (Å²) in [5.74, 6) is 0. The van der Waals surface area contributed by atoms with Gasteiger partial charge in [0.1, 0.15) is 0 Å². The van der Waals surface area contributed by atoms with Gasteiger partial charge in [0, 0.05) is 0 Å². The van der Waals surface area contributed by atoms with Crippen LogP contribution in [0, 0.1) is 0 Å². The van der Waals surface area contributed by atoms with Gasteiger partial charge in [-0.1, -0.05) is 0 Å². The zero-order valence-corrected chi connectivity index (χ0v) is 5.05. The van der Waals surface area contributed by atoms with Gasteiger partial charge in [0.15, 0.2) is 0 Å². The molecule has 0 bridgehead atoms. The van der Waals surface area contributed by atoms with Crippen LogP contribution in [0.2, 0.25) is 0 Å². The Morgan fingerprint density at radius 1 is 0.583 bits per heavy atom. The summed E-state index contributed by atoms with van der Waals surface area (Å²) in [4.78, 5) is 0. The van der Waals surface area contributed by atoms with Crippen molar-refractivity contribution in [1.29, 1.82) is 0 Å². The predicted octanol–water partition coefficient (Wildman–Crippen LogP) is -3.23. The van der Waals surface area contributed by atoms with Crippen LogP contribution in [0.4, 0.5) is 0 Å². The SMILES string of the molecule is O=S(O)O.O=S(O)O.[NaH].[NaH].[NaH].[NaH]. The van der Waals surface area contributed by atoms with Crippen molar-refractivity contribution in [3.63, 3.8) is 0 Å². The van der Waals surface area contributed by atoms with Gasteiger partial charge in [0.2, 0.25) is 0 Å². The molecule has 0 heterocycles. The van der Waals surface area contributed by atoms with Crippen LogP contribution >= 0.6 is 0 Å². The molecule has 0 aromatic heterocycles. The average Bonchev–Trinajstić information content (AvgIpc) is 1.25. The fourth-order valence-electron chi connectivity index (χ4n) is 0.